The van der Waals surface area contributed by atoms with E-state index in [-0.39, 0.29) is 0 Å². The molecule has 0 aliphatic heterocycles. The summed E-state index contributed by atoms with van der Waals surface area (Å²) in [4.78, 5) is 4.15. The third-order valence-corrected chi connectivity index (χ3v) is 2.28. The molecule has 0 saturated heterocycles. The molecule has 2 N–H and O–H groups in total. The molecule has 1 aliphatic rings. The lowest BCUT2D eigenvalue weighted by Gasteiger charge is -2.23. The Hall–Kier alpha value is -1.19. The van der Waals surface area contributed by atoms with Crippen molar-refractivity contribution in [1.29, 1.82) is 0 Å². The van der Waals surface area contributed by atoms with Gasteiger partial charge in [0.1, 0.15) is 12.2 Å². The third-order valence-electron chi connectivity index (χ3n) is 2.28. The van der Waals surface area contributed by atoms with E-state index in [1.54, 1.807) is 24.4 Å². The molecule has 3 nitrogen and oxygen atoms in total. The average Bonchev–Trinajstić information content (AvgIpc) is 2.15. The first-order valence-corrected chi connectivity index (χ1v) is 4.20. The molecule has 3 heteroatoms. The molecule has 0 aromatic carbocycles. The molecule has 68 valence electrons. The molecule has 0 amide bonds. The normalized spacial score (nSPS) is 26.5. The standard InChI is InChI=1S/C10H11NO2/c1-6-5-8(12)10(13)7-3-2-4-11-9(6)7/h2-5,8,10,12-13H,1H3. The Bertz CT molecular complexity index is 360. The molecular weight excluding hydrogens is 166 g/mol. The van der Waals surface area contributed by atoms with Gasteiger partial charge in [-0.2, -0.15) is 0 Å². The van der Waals surface area contributed by atoms with E-state index in [0.29, 0.717) is 5.56 Å². The Morgan fingerprint density at radius 3 is 2.92 bits per heavy atom. The van der Waals surface area contributed by atoms with Gasteiger partial charge in [0.05, 0.1) is 5.69 Å². The molecule has 0 spiro atoms. The number of hydrogen-bond donors (Lipinski definition) is 2. The van der Waals surface area contributed by atoms with Crippen LogP contribution in [0.15, 0.2) is 24.4 Å². The number of nitrogens with zero attached hydrogens (tertiary/aromatic N) is 1. The van der Waals surface area contributed by atoms with E-state index < -0.39 is 12.2 Å². The fourth-order valence-corrected chi connectivity index (χ4v) is 1.60. The molecule has 0 fully saturated rings. The van der Waals surface area contributed by atoms with Crippen LogP contribution in [0.5, 0.6) is 0 Å². The molecular formula is C10H11NO2. The molecule has 1 heterocycles. The number of aliphatic hydroxyl groups is 2. The number of rotatable bonds is 0. The summed E-state index contributed by atoms with van der Waals surface area (Å²) in [6.07, 6.45) is 1.66. The van der Waals surface area contributed by atoms with Gasteiger partial charge in [-0.1, -0.05) is 6.07 Å². The van der Waals surface area contributed by atoms with Crippen LogP contribution < -0.4 is 0 Å². The molecule has 0 saturated carbocycles. The van der Waals surface area contributed by atoms with Crippen molar-refractivity contribution < 1.29 is 10.2 Å². The highest BCUT2D eigenvalue weighted by Crippen LogP contribution is 2.30. The van der Waals surface area contributed by atoms with Crippen LogP contribution in [-0.2, 0) is 0 Å². The molecule has 13 heavy (non-hydrogen) atoms. The van der Waals surface area contributed by atoms with E-state index in [9.17, 15) is 10.2 Å². The zero-order chi connectivity index (χ0) is 9.42. The fourth-order valence-electron chi connectivity index (χ4n) is 1.60. The second kappa shape index (κ2) is 2.94. The van der Waals surface area contributed by atoms with Crippen LogP contribution in [0.25, 0.3) is 5.57 Å². The molecule has 0 radical (unpaired) electrons. The van der Waals surface area contributed by atoms with E-state index in [2.05, 4.69) is 4.98 Å². The highest BCUT2D eigenvalue weighted by atomic mass is 16.3. The van der Waals surface area contributed by atoms with Crippen LogP contribution in [0.3, 0.4) is 0 Å². The predicted octanol–water partition coefficient (Wildman–Crippen LogP) is 0.893. The first-order chi connectivity index (χ1) is 6.20. The van der Waals surface area contributed by atoms with Crippen LogP contribution in [0.4, 0.5) is 0 Å². The lowest BCUT2D eigenvalue weighted by Crippen LogP contribution is -2.21. The lowest BCUT2D eigenvalue weighted by molar-refractivity contribution is 0.0462. The van der Waals surface area contributed by atoms with E-state index in [1.807, 2.05) is 6.92 Å². The van der Waals surface area contributed by atoms with Crippen LogP contribution in [-0.4, -0.2) is 21.3 Å². The maximum atomic E-state index is 9.61. The van der Waals surface area contributed by atoms with Gasteiger partial charge in [0.15, 0.2) is 0 Å². The van der Waals surface area contributed by atoms with Gasteiger partial charge in [-0.15, -0.1) is 0 Å². The minimum atomic E-state index is -0.840. The van der Waals surface area contributed by atoms with E-state index in [4.69, 9.17) is 0 Å². The summed E-state index contributed by atoms with van der Waals surface area (Å²) >= 11 is 0. The summed E-state index contributed by atoms with van der Waals surface area (Å²) in [6, 6.07) is 3.54. The van der Waals surface area contributed by atoms with Gasteiger partial charge < -0.3 is 10.2 Å². The van der Waals surface area contributed by atoms with E-state index in [1.165, 1.54) is 0 Å². The largest absolute Gasteiger partial charge is 0.386 e. The van der Waals surface area contributed by atoms with Crippen molar-refractivity contribution in [1.82, 2.24) is 4.98 Å². The minimum Gasteiger partial charge on any atom is -0.386 e. The van der Waals surface area contributed by atoms with Crippen molar-refractivity contribution in [3.63, 3.8) is 0 Å². The zero-order valence-corrected chi connectivity index (χ0v) is 7.31. The third kappa shape index (κ3) is 1.26. The molecule has 1 aromatic heterocycles. The summed E-state index contributed by atoms with van der Waals surface area (Å²) in [6.45, 7) is 1.88. The van der Waals surface area contributed by atoms with Gasteiger partial charge in [0, 0.05) is 11.8 Å². The fraction of sp³-hybridized carbons (Fsp3) is 0.300. The van der Waals surface area contributed by atoms with E-state index in [0.717, 1.165) is 11.3 Å². The average molecular weight is 177 g/mol. The van der Waals surface area contributed by atoms with Gasteiger partial charge in [-0.3, -0.25) is 4.98 Å². The summed E-state index contributed by atoms with van der Waals surface area (Å²) in [5.41, 5.74) is 2.39. The first-order valence-electron chi connectivity index (χ1n) is 4.20. The quantitative estimate of drug-likeness (QED) is 0.619. The van der Waals surface area contributed by atoms with Crippen molar-refractivity contribution in [2.45, 2.75) is 19.1 Å². The van der Waals surface area contributed by atoms with Crippen molar-refractivity contribution in [3.8, 4) is 0 Å². The van der Waals surface area contributed by atoms with Crippen LogP contribution >= 0.6 is 0 Å². The monoisotopic (exact) mass is 177 g/mol. The van der Waals surface area contributed by atoms with Crippen LogP contribution in [0.2, 0.25) is 0 Å². The first kappa shape index (κ1) is 8.41. The number of aliphatic hydroxyl groups excluding tert-OH is 2. The van der Waals surface area contributed by atoms with Crippen molar-refractivity contribution in [2.24, 2.45) is 0 Å². The number of hydrogen-bond acceptors (Lipinski definition) is 3. The Kier molecular flexibility index (Phi) is 1.90. The second-order valence-corrected chi connectivity index (χ2v) is 3.23. The SMILES string of the molecule is CC1=CC(O)C(O)c2cccnc21. The molecule has 1 aromatic rings. The zero-order valence-electron chi connectivity index (χ0n) is 7.31. The Morgan fingerprint density at radius 2 is 2.15 bits per heavy atom. The smallest absolute Gasteiger partial charge is 0.111 e. The molecule has 2 rings (SSSR count). The van der Waals surface area contributed by atoms with Crippen LogP contribution in [0.1, 0.15) is 24.3 Å². The van der Waals surface area contributed by atoms with Gasteiger partial charge in [0.25, 0.3) is 0 Å². The van der Waals surface area contributed by atoms with Crippen molar-refractivity contribution in [2.75, 3.05) is 0 Å². The maximum Gasteiger partial charge on any atom is 0.111 e. The number of fused-ring (bicyclic) bond motifs is 1. The summed E-state index contributed by atoms with van der Waals surface area (Å²) in [7, 11) is 0. The number of allylic oxidation sites excluding steroid dienone is 1. The van der Waals surface area contributed by atoms with Gasteiger partial charge in [-0.05, 0) is 24.6 Å². The summed E-state index contributed by atoms with van der Waals surface area (Å²) < 4.78 is 0. The number of aromatic nitrogens is 1. The maximum absolute atomic E-state index is 9.61. The Morgan fingerprint density at radius 1 is 1.38 bits per heavy atom. The highest BCUT2D eigenvalue weighted by Gasteiger charge is 2.25. The summed E-state index contributed by atoms with van der Waals surface area (Å²) in [5, 5.41) is 19.1. The Balaban J connectivity index is 2.58. The van der Waals surface area contributed by atoms with Crippen LogP contribution in [0, 0.1) is 0 Å². The minimum absolute atomic E-state index is 0.704. The van der Waals surface area contributed by atoms with Gasteiger partial charge >= 0.3 is 0 Å². The van der Waals surface area contributed by atoms with Crippen molar-refractivity contribution in [3.05, 3.63) is 35.7 Å². The van der Waals surface area contributed by atoms with Gasteiger partial charge in [0.2, 0.25) is 0 Å². The summed E-state index contributed by atoms with van der Waals surface area (Å²) in [5.74, 6) is 0. The van der Waals surface area contributed by atoms with Gasteiger partial charge in [-0.25, -0.2) is 0 Å². The van der Waals surface area contributed by atoms with E-state index >= 15 is 0 Å². The highest BCUT2D eigenvalue weighted by molar-refractivity contribution is 5.66. The second-order valence-electron chi connectivity index (χ2n) is 3.23. The molecule has 1 aliphatic carbocycles. The molecule has 0 bridgehead atoms. The predicted molar refractivity (Wildman–Crippen MR) is 48.9 cm³/mol. The topological polar surface area (TPSA) is 53.4 Å². The lowest BCUT2D eigenvalue weighted by atomic mass is 9.92. The Labute approximate surface area is 76.4 Å². The van der Waals surface area contributed by atoms with Crippen molar-refractivity contribution >= 4 is 5.57 Å². The molecule has 2 atom stereocenters. The number of pyridine rings is 1. The molecule has 2 unspecified atom stereocenters.